The van der Waals surface area contributed by atoms with Crippen LogP contribution in [-0.4, -0.2) is 4.92 Å². The van der Waals surface area contributed by atoms with E-state index in [0.717, 1.165) is 21.9 Å². The van der Waals surface area contributed by atoms with E-state index in [0.29, 0.717) is 6.42 Å². The van der Waals surface area contributed by atoms with Crippen molar-refractivity contribution in [3.8, 4) is 6.07 Å². The first-order valence-corrected chi connectivity index (χ1v) is 7.29. The van der Waals surface area contributed by atoms with Crippen LogP contribution in [0.15, 0.2) is 66.7 Å². The Labute approximate surface area is 133 Å². The van der Waals surface area contributed by atoms with Gasteiger partial charge in [0.2, 0.25) is 0 Å². The molecule has 0 spiro atoms. The van der Waals surface area contributed by atoms with Gasteiger partial charge in [0, 0.05) is 12.1 Å². The summed E-state index contributed by atoms with van der Waals surface area (Å²) in [4.78, 5) is 10.3. The van der Waals surface area contributed by atoms with E-state index in [1.807, 2.05) is 42.5 Å². The molecule has 0 bridgehead atoms. The smallest absolute Gasteiger partial charge is 0.258 e. The highest BCUT2D eigenvalue weighted by Crippen LogP contribution is 2.28. The molecule has 0 aliphatic heterocycles. The Hall–Kier alpha value is -3.19. The van der Waals surface area contributed by atoms with Crippen LogP contribution in [0.1, 0.15) is 17.0 Å². The van der Waals surface area contributed by atoms with E-state index in [1.54, 1.807) is 12.1 Å². The zero-order valence-corrected chi connectivity index (χ0v) is 12.3. The number of nitrogens with zero attached hydrogens (tertiary/aromatic N) is 2. The van der Waals surface area contributed by atoms with Gasteiger partial charge in [0.15, 0.2) is 0 Å². The number of nitro groups is 1. The third-order valence-electron chi connectivity index (χ3n) is 3.94. The maximum atomic E-state index is 10.7. The lowest BCUT2D eigenvalue weighted by molar-refractivity contribution is -0.384. The minimum absolute atomic E-state index is 0.0624. The zero-order valence-electron chi connectivity index (χ0n) is 12.3. The van der Waals surface area contributed by atoms with E-state index in [2.05, 4.69) is 6.07 Å². The van der Waals surface area contributed by atoms with Gasteiger partial charge in [-0.15, -0.1) is 0 Å². The van der Waals surface area contributed by atoms with E-state index in [1.165, 1.54) is 12.1 Å². The van der Waals surface area contributed by atoms with Gasteiger partial charge in [-0.25, -0.2) is 0 Å². The second kappa shape index (κ2) is 6.29. The summed E-state index contributed by atoms with van der Waals surface area (Å²) in [5.74, 6) is -0.289. The van der Waals surface area contributed by atoms with Gasteiger partial charge < -0.3 is 0 Å². The summed E-state index contributed by atoms with van der Waals surface area (Å²) in [5, 5.41) is 22.5. The fourth-order valence-corrected chi connectivity index (χ4v) is 2.77. The van der Waals surface area contributed by atoms with Gasteiger partial charge >= 0.3 is 0 Å². The molecule has 0 saturated heterocycles. The van der Waals surface area contributed by atoms with E-state index in [-0.39, 0.29) is 11.6 Å². The molecule has 0 aromatic heterocycles. The van der Waals surface area contributed by atoms with Crippen LogP contribution in [0.25, 0.3) is 10.8 Å². The Morgan fingerprint density at radius 1 is 1.00 bits per heavy atom. The van der Waals surface area contributed by atoms with Crippen molar-refractivity contribution < 1.29 is 4.92 Å². The lowest BCUT2D eigenvalue weighted by Crippen LogP contribution is -2.01. The van der Waals surface area contributed by atoms with Crippen LogP contribution in [0.2, 0.25) is 0 Å². The quantitative estimate of drug-likeness (QED) is 0.522. The van der Waals surface area contributed by atoms with Gasteiger partial charge in [-0.05, 0) is 28.3 Å². The molecule has 0 aliphatic carbocycles. The Bertz CT molecular complexity index is 890. The number of hydrogen-bond acceptors (Lipinski definition) is 3. The molecule has 112 valence electrons. The standard InChI is InChI=1S/C19H14N2O2/c20-13-16(12-14-8-10-17(11-9-14)21(22)23)19-7-3-5-15-4-1-2-6-18(15)19/h1-11,16H,12H2. The SMILES string of the molecule is N#CC(Cc1ccc([N+](=O)[O-])cc1)c1cccc2ccccc12. The van der Waals surface area contributed by atoms with Crippen molar-refractivity contribution in [2.75, 3.05) is 0 Å². The van der Waals surface area contributed by atoms with Gasteiger partial charge in [-0.3, -0.25) is 10.1 Å². The second-order valence-corrected chi connectivity index (χ2v) is 5.38. The van der Waals surface area contributed by atoms with E-state index >= 15 is 0 Å². The summed E-state index contributed by atoms with van der Waals surface area (Å²) in [5.41, 5.74) is 1.96. The van der Waals surface area contributed by atoms with Crippen LogP contribution in [0, 0.1) is 21.4 Å². The molecule has 0 fully saturated rings. The normalized spacial score (nSPS) is 11.8. The Morgan fingerprint density at radius 2 is 1.70 bits per heavy atom. The minimum Gasteiger partial charge on any atom is -0.258 e. The van der Waals surface area contributed by atoms with Gasteiger partial charge in [-0.1, -0.05) is 54.6 Å². The summed E-state index contributed by atoms with van der Waals surface area (Å²) in [7, 11) is 0. The third-order valence-corrected chi connectivity index (χ3v) is 3.94. The Morgan fingerprint density at radius 3 is 2.39 bits per heavy atom. The van der Waals surface area contributed by atoms with Gasteiger partial charge in [0.05, 0.1) is 16.9 Å². The molecule has 0 radical (unpaired) electrons. The molecule has 1 unspecified atom stereocenters. The predicted molar refractivity (Wildman–Crippen MR) is 89.1 cm³/mol. The molecule has 3 rings (SSSR count). The molecule has 1 atom stereocenters. The summed E-state index contributed by atoms with van der Waals surface area (Å²) < 4.78 is 0. The Kier molecular flexibility index (Phi) is 4.03. The van der Waals surface area contributed by atoms with Crippen LogP contribution in [0.4, 0.5) is 5.69 Å². The van der Waals surface area contributed by atoms with E-state index < -0.39 is 4.92 Å². The highest BCUT2D eigenvalue weighted by Gasteiger charge is 2.15. The molecule has 0 heterocycles. The molecule has 0 saturated carbocycles. The summed E-state index contributed by atoms with van der Waals surface area (Å²) in [6.45, 7) is 0. The molecule has 0 aliphatic rings. The fourth-order valence-electron chi connectivity index (χ4n) is 2.77. The van der Waals surface area contributed by atoms with Crippen molar-refractivity contribution in [1.29, 1.82) is 5.26 Å². The van der Waals surface area contributed by atoms with Crippen molar-refractivity contribution in [2.45, 2.75) is 12.3 Å². The maximum Gasteiger partial charge on any atom is 0.269 e. The topological polar surface area (TPSA) is 66.9 Å². The number of benzene rings is 3. The molecular formula is C19H14N2O2. The van der Waals surface area contributed by atoms with Gasteiger partial charge in [0.1, 0.15) is 0 Å². The largest absolute Gasteiger partial charge is 0.269 e. The van der Waals surface area contributed by atoms with Gasteiger partial charge in [0.25, 0.3) is 5.69 Å². The first-order chi connectivity index (χ1) is 11.2. The van der Waals surface area contributed by atoms with Crippen molar-refractivity contribution in [2.24, 2.45) is 0 Å². The van der Waals surface area contributed by atoms with Crippen LogP contribution in [0.5, 0.6) is 0 Å². The highest BCUT2D eigenvalue weighted by atomic mass is 16.6. The zero-order chi connectivity index (χ0) is 16.2. The number of hydrogen-bond donors (Lipinski definition) is 0. The number of nitriles is 1. The molecule has 3 aromatic rings. The van der Waals surface area contributed by atoms with Crippen LogP contribution < -0.4 is 0 Å². The molecule has 23 heavy (non-hydrogen) atoms. The molecule has 4 heteroatoms. The molecule has 0 amide bonds. The van der Waals surface area contributed by atoms with Crippen molar-refractivity contribution in [3.63, 3.8) is 0 Å². The summed E-state index contributed by atoms with van der Waals surface area (Å²) >= 11 is 0. The summed E-state index contributed by atoms with van der Waals surface area (Å²) in [6.07, 6.45) is 0.530. The molecule has 0 N–H and O–H groups in total. The monoisotopic (exact) mass is 302 g/mol. The lowest BCUT2D eigenvalue weighted by atomic mass is 9.89. The first kappa shape index (κ1) is 14.7. The van der Waals surface area contributed by atoms with Crippen LogP contribution in [-0.2, 0) is 6.42 Å². The third kappa shape index (κ3) is 3.04. The number of nitro benzene ring substituents is 1. The average Bonchev–Trinajstić information content (AvgIpc) is 2.59. The number of fused-ring (bicyclic) bond motifs is 1. The van der Waals surface area contributed by atoms with Crippen LogP contribution in [0.3, 0.4) is 0 Å². The van der Waals surface area contributed by atoms with Crippen molar-refractivity contribution in [3.05, 3.63) is 88.0 Å². The molecule has 4 nitrogen and oxygen atoms in total. The first-order valence-electron chi connectivity index (χ1n) is 7.29. The number of rotatable bonds is 4. The van der Waals surface area contributed by atoms with E-state index in [9.17, 15) is 15.4 Å². The lowest BCUT2D eigenvalue weighted by Gasteiger charge is -2.12. The second-order valence-electron chi connectivity index (χ2n) is 5.38. The summed E-state index contributed by atoms with van der Waals surface area (Å²) in [6, 6.07) is 22.7. The maximum absolute atomic E-state index is 10.7. The predicted octanol–water partition coefficient (Wildman–Crippen LogP) is 4.60. The average molecular weight is 302 g/mol. The van der Waals surface area contributed by atoms with Crippen LogP contribution >= 0.6 is 0 Å². The molecule has 3 aromatic carbocycles. The fraction of sp³-hybridized carbons (Fsp3) is 0.105. The van der Waals surface area contributed by atoms with E-state index in [4.69, 9.17) is 0 Å². The van der Waals surface area contributed by atoms with Gasteiger partial charge in [-0.2, -0.15) is 5.26 Å². The van der Waals surface area contributed by atoms with Crippen molar-refractivity contribution >= 4 is 16.5 Å². The highest BCUT2D eigenvalue weighted by molar-refractivity contribution is 5.86. The van der Waals surface area contributed by atoms with Crippen molar-refractivity contribution in [1.82, 2.24) is 0 Å². The number of non-ortho nitro benzene ring substituents is 1. The Balaban J connectivity index is 1.93. The minimum atomic E-state index is -0.420. The molecular weight excluding hydrogens is 288 g/mol.